The zero-order valence-corrected chi connectivity index (χ0v) is 17.7. The van der Waals surface area contributed by atoms with E-state index in [-0.39, 0.29) is 17.1 Å². The van der Waals surface area contributed by atoms with Gasteiger partial charge in [0, 0.05) is 17.0 Å². The van der Waals surface area contributed by atoms with Gasteiger partial charge in [-0.25, -0.2) is 9.18 Å². The molecule has 160 valence electrons. The van der Waals surface area contributed by atoms with Crippen molar-refractivity contribution in [1.29, 1.82) is 0 Å². The predicted octanol–water partition coefficient (Wildman–Crippen LogP) is 5.20. The monoisotopic (exact) mass is 435 g/mol. The molecule has 0 saturated heterocycles. The minimum absolute atomic E-state index is 0.0472. The van der Waals surface area contributed by atoms with Crippen molar-refractivity contribution in [2.75, 3.05) is 10.6 Å². The fourth-order valence-corrected chi connectivity index (χ4v) is 3.15. The lowest BCUT2D eigenvalue weighted by atomic mass is 10.2. The summed E-state index contributed by atoms with van der Waals surface area (Å²) in [4.78, 5) is 35.5. The van der Waals surface area contributed by atoms with E-state index >= 15 is 0 Å². The van der Waals surface area contributed by atoms with Gasteiger partial charge in [-0.15, -0.1) is 11.8 Å². The van der Waals surface area contributed by atoms with Gasteiger partial charge in [0.05, 0.1) is 21.5 Å². The standard InChI is InChI=1S/C20H22FN3O5S/c1-12(30-15-8-6-14(7-9-15)24(27)28)18(25)22-17-11-13(21)5-10-16(17)23-19(26)29-20(2,3)4/h5-12H,1-4H3,(H,22,25)(H,23,26). The van der Waals surface area contributed by atoms with Crippen LogP contribution in [0.15, 0.2) is 47.4 Å². The SMILES string of the molecule is CC(Sc1ccc([N+](=O)[O-])cc1)C(=O)Nc1cc(F)ccc1NC(=O)OC(C)(C)C. The van der Waals surface area contributed by atoms with Crippen molar-refractivity contribution in [3.05, 3.63) is 58.4 Å². The second kappa shape index (κ2) is 9.57. The van der Waals surface area contributed by atoms with Crippen LogP contribution in [0.1, 0.15) is 27.7 Å². The number of non-ortho nitro benzene ring substituents is 1. The number of amides is 2. The number of nitro groups is 1. The molecule has 0 bridgehead atoms. The summed E-state index contributed by atoms with van der Waals surface area (Å²) in [5.41, 5.74) is -0.494. The van der Waals surface area contributed by atoms with Crippen molar-refractivity contribution < 1.29 is 23.6 Å². The quantitative estimate of drug-likeness (QED) is 0.367. The molecule has 0 heterocycles. The van der Waals surface area contributed by atoms with Crippen LogP contribution in [0.2, 0.25) is 0 Å². The highest BCUT2D eigenvalue weighted by molar-refractivity contribution is 8.00. The number of carbonyl (C=O) groups excluding carboxylic acids is 2. The number of hydrogen-bond donors (Lipinski definition) is 2. The van der Waals surface area contributed by atoms with E-state index in [1.54, 1.807) is 39.8 Å². The molecule has 2 aromatic rings. The molecule has 0 radical (unpaired) electrons. The van der Waals surface area contributed by atoms with Gasteiger partial charge in [0.1, 0.15) is 11.4 Å². The number of nitro benzene ring substituents is 1. The van der Waals surface area contributed by atoms with Crippen molar-refractivity contribution >= 4 is 40.8 Å². The Hall–Kier alpha value is -3.14. The summed E-state index contributed by atoms with van der Waals surface area (Å²) >= 11 is 1.18. The Bertz CT molecular complexity index is 944. The molecule has 8 nitrogen and oxygen atoms in total. The van der Waals surface area contributed by atoms with E-state index in [1.165, 1.54) is 30.0 Å². The minimum Gasteiger partial charge on any atom is -0.444 e. The third kappa shape index (κ3) is 7.03. The summed E-state index contributed by atoms with van der Waals surface area (Å²) in [6.07, 6.45) is -0.738. The van der Waals surface area contributed by atoms with E-state index in [0.717, 1.165) is 12.1 Å². The topological polar surface area (TPSA) is 111 Å². The molecule has 1 atom stereocenters. The second-order valence-corrected chi connectivity index (χ2v) is 8.73. The average Bonchev–Trinajstić information content (AvgIpc) is 2.62. The molecule has 2 N–H and O–H groups in total. The number of rotatable bonds is 6. The fraction of sp³-hybridized carbons (Fsp3) is 0.300. The van der Waals surface area contributed by atoms with E-state index in [2.05, 4.69) is 10.6 Å². The van der Waals surface area contributed by atoms with Crippen LogP contribution in [0.5, 0.6) is 0 Å². The normalized spacial score (nSPS) is 12.0. The maximum Gasteiger partial charge on any atom is 0.412 e. The molecule has 0 aliphatic heterocycles. The first-order chi connectivity index (χ1) is 13.9. The van der Waals surface area contributed by atoms with Gasteiger partial charge in [0.25, 0.3) is 5.69 Å². The van der Waals surface area contributed by atoms with Crippen molar-refractivity contribution in [3.8, 4) is 0 Å². The van der Waals surface area contributed by atoms with Gasteiger partial charge < -0.3 is 10.1 Å². The predicted molar refractivity (Wildman–Crippen MR) is 113 cm³/mol. The molecule has 1 unspecified atom stereocenters. The highest BCUT2D eigenvalue weighted by atomic mass is 32.2. The molecule has 0 fully saturated rings. The van der Waals surface area contributed by atoms with E-state index in [4.69, 9.17) is 4.74 Å². The van der Waals surface area contributed by atoms with Crippen molar-refractivity contribution in [2.24, 2.45) is 0 Å². The molecule has 0 spiro atoms. The largest absolute Gasteiger partial charge is 0.444 e. The Morgan fingerprint density at radius 2 is 1.73 bits per heavy atom. The molecule has 10 heteroatoms. The maximum absolute atomic E-state index is 13.7. The molecule has 30 heavy (non-hydrogen) atoms. The molecule has 0 aromatic heterocycles. The zero-order chi connectivity index (χ0) is 22.5. The molecule has 2 rings (SSSR count). The van der Waals surface area contributed by atoms with Gasteiger partial charge in [0.2, 0.25) is 5.91 Å². The molecule has 0 aliphatic rings. The molecule has 0 saturated carbocycles. The molecular formula is C20H22FN3O5S. The van der Waals surface area contributed by atoms with Crippen LogP contribution in [-0.2, 0) is 9.53 Å². The van der Waals surface area contributed by atoms with Crippen molar-refractivity contribution in [1.82, 2.24) is 0 Å². The van der Waals surface area contributed by atoms with Crippen LogP contribution >= 0.6 is 11.8 Å². The highest BCUT2D eigenvalue weighted by Crippen LogP contribution is 2.28. The fourth-order valence-electron chi connectivity index (χ4n) is 2.28. The van der Waals surface area contributed by atoms with Gasteiger partial charge in [-0.1, -0.05) is 0 Å². The van der Waals surface area contributed by atoms with Gasteiger partial charge in [0.15, 0.2) is 0 Å². The van der Waals surface area contributed by atoms with E-state index in [1.807, 2.05) is 0 Å². The van der Waals surface area contributed by atoms with Crippen molar-refractivity contribution in [3.63, 3.8) is 0 Å². The number of anilines is 2. The molecule has 0 aliphatic carbocycles. The summed E-state index contributed by atoms with van der Waals surface area (Å²) < 4.78 is 18.9. The minimum atomic E-state index is -0.738. The van der Waals surface area contributed by atoms with Gasteiger partial charge in [-0.3, -0.25) is 20.2 Å². The summed E-state index contributed by atoms with van der Waals surface area (Å²) in [6.45, 7) is 6.76. The first kappa shape index (κ1) is 23.1. The smallest absolute Gasteiger partial charge is 0.412 e. The Morgan fingerprint density at radius 3 is 2.30 bits per heavy atom. The Balaban J connectivity index is 2.08. The van der Waals surface area contributed by atoms with E-state index < -0.39 is 33.6 Å². The Kier molecular flexibility index (Phi) is 7.38. The summed E-state index contributed by atoms with van der Waals surface area (Å²) in [6, 6.07) is 9.35. The van der Waals surface area contributed by atoms with Gasteiger partial charge >= 0.3 is 6.09 Å². The second-order valence-electron chi connectivity index (χ2n) is 7.32. The van der Waals surface area contributed by atoms with Crippen LogP contribution in [0.4, 0.5) is 26.2 Å². The number of nitrogens with zero attached hydrogens (tertiary/aromatic N) is 1. The summed E-state index contributed by atoms with van der Waals surface area (Å²) in [5, 5.41) is 15.2. The summed E-state index contributed by atoms with van der Waals surface area (Å²) in [7, 11) is 0. The number of thioether (sulfide) groups is 1. The number of ether oxygens (including phenoxy) is 1. The first-order valence-corrected chi connectivity index (χ1v) is 9.84. The van der Waals surface area contributed by atoms with Crippen LogP contribution in [0.3, 0.4) is 0 Å². The Labute approximate surface area is 177 Å². The highest BCUT2D eigenvalue weighted by Gasteiger charge is 2.20. The Morgan fingerprint density at radius 1 is 1.10 bits per heavy atom. The third-order valence-corrected chi connectivity index (χ3v) is 4.72. The third-order valence-electron chi connectivity index (χ3n) is 3.60. The zero-order valence-electron chi connectivity index (χ0n) is 16.9. The van der Waals surface area contributed by atoms with E-state index in [0.29, 0.717) is 4.90 Å². The first-order valence-electron chi connectivity index (χ1n) is 8.96. The maximum atomic E-state index is 13.7. The molecule has 2 amide bonds. The number of nitrogens with one attached hydrogen (secondary N) is 2. The van der Waals surface area contributed by atoms with Crippen LogP contribution < -0.4 is 10.6 Å². The average molecular weight is 435 g/mol. The number of halogens is 1. The van der Waals surface area contributed by atoms with Crippen LogP contribution in [0.25, 0.3) is 0 Å². The number of hydrogen-bond acceptors (Lipinski definition) is 6. The number of benzene rings is 2. The van der Waals surface area contributed by atoms with Crippen molar-refractivity contribution in [2.45, 2.75) is 43.4 Å². The summed E-state index contributed by atoms with van der Waals surface area (Å²) in [5.74, 6) is -1.02. The van der Waals surface area contributed by atoms with Gasteiger partial charge in [-0.2, -0.15) is 0 Å². The lowest BCUT2D eigenvalue weighted by molar-refractivity contribution is -0.384. The molecular weight excluding hydrogens is 413 g/mol. The van der Waals surface area contributed by atoms with Crippen LogP contribution in [0, 0.1) is 15.9 Å². The van der Waals surface area contributed by atoms with Gasteiger partial charge in [-0.05, 0) is 58.0 Å². The lowest BCUT2D eigenvalue weighted by Gasteiger charge is -2.21. The lowest BCUT2D eigenvalue weighted by Crippen LogP contribution is -2.28. The van der Waals surface area contributed by atoms with E-state index in [9.17, 15) is 24.1 Å². The molecule has 2 aromatic carbocycles. The number of carbonyl (C=O) groups is 2. The van der Waals surface area contributed by atoms with Crippen LogP contribution in [-0.4, -0.2) is 27.8 Å².